The molecule has 0 spiro atoms. The van der Waals surface area contributed by atoms with Crippen molar-refractivity contribution in [1.82, 2.24) is 0 Å². The van der Waals surface area contributed by atoms with Crippen LogP contribution in [0.1, 0.15) is 36.1 Å². The number of rotatable bonds is 7. The highest BCUT2D eigenvalue weighted by molar-refractivity contribution is 5.27. The predicted octanol–water partition coefficient (Wildman–Crippen LogP) is 3.25. The van der Waals surface area contributed by atoms with E-state index in [2.05, 4.69) is 48.5 Å². The standard InChI is InChI=1S/C20H28N2/c1-15(21)13-19-9-5-17(6-10-19)3-4-18-7-11-20(12-8-18)14-16(2)22/h5-12,15-16H,3-4,13-14,21-22H2,1-2H3. The van der Waals surface area contributed by atoms with Crippen molar-refractivity contribution >= 4 is 0 Å². The molecule has 0 heterocycles. The van der Waals surface area contributed by atoms with Crippen molar-refractivity contribution in [1.29, 1.82) is 0 Å². The Bertz CT molecular complexity index is 500. The molecule has 0 bridgehead atoms. The molecule has 0 aliphatic carbocycles. The Morgan fingerprint density at radius 3 is 1.14 bits per heavy atom. The average Bonchev–Trinajstić information content (AvgIpc) is 2.47. The highest BCUT2D eigenvalue weighted by Crippen LogP contribution is 2.12. The van der Waals surface area contributed by atoms with Crippen LogP contribution in [-0.4, -0.2) is 12.1 Å². The van der Waals surface area contributed by atoms with E-state index in [4.69, 9.17) is 11.5 Å². The topological polar surface area (TPSA) is 52.0 Å². The quantitative estimate of drug-likeness (QED) is 0.824. The zero-order chi connectivity index (χ0) is 15.9. The van der Waals surface area contributed by atoms with Crippen LogP contribution in [-0.2, 0) is 25.7 Å². The predicted molar refractivity (Wildman–Crippen MR) is 95.0 cm³/mol. The van der Waals surface area contributed by atoms with Crippen molar-refractivity contribution in [2.45, 2.75) is 51.6 Å². The van der Waals surface area contributed by atoms with Crippen LogP contribution < -0.4 is 11.5 Å². The number of hydrogen-bond donors (Lipinski definition) is 2. The molecule has 0 aromatic heterocycles. The largest absolute Gasteiger partial charge is 0.328 e. The van der Waals surface area contributed by atoms with Crippen molar-refractivity contribution in [3.8, 4) is 0 Å². The minimum absolute atomic E-state index is 0.223. The van der Waals surface area contributed by atoms with Crippen molar-refractivity contribution in [2.75, 3.05) is 0 Å². The molecule has 0 amide bonds. The first kappa shape index (κ1) is 16.7. The molecule has 2 heteroatoms. The molecule has 0 aliphatic heterocycles. The van der Waals surface area contributed by atoms with Gasteiger partial charge in [-0.1, -0.05) is 48.5 Å². The SMILES string of the molecule is CC(N)Cc1ccc(CCc2ccc(CC(C)N)cc2)cc1. The van der Waals surface area contributed by atoms with Crippen molar-refractivity contribution in [3.63, 3.8) is 0 Å². The van der Waals surface area contributed by atoms with Gasteiger partial charge in [-0.2, -0.15) is 0 Å². The van der Waals surface area contributed by atoms with E-state index in [0.717, 1.165) is 25.7 Å². The fraction of sp³-hybridized carbons (Fsp3) is 0.400. The second-order valence-electron chi connectivity index (χ2n) is 6.50. The summed E-state index contributed by atoms with van der Waals surface area (Å²) in [5.41, 5.74) is 17.1. The first-order valence-corrected chi connectivity index (χ1v) is 8.19. The molecule has 2 aromatic rings. The lowest BCUT2D eigenvalue weighted by atomic mass is 9.99. The van der Waals surface area contributed by atoms with Crippen LogP contribution in [0.4, 0.5) is 0 Å². The van der Waals surface area contributed by atoms with E-state index >= 15 is 0 Å². The van der Waals surface area contributed by atoms with Gasteiger partial charge in [-0.05, 0) is 61.8 Å². The second kappa shape index (κ2) is 8.11. The molecule has 2 aromatic carbocycles. The van der Waals surface area contributed by atoms with Gasteiger partial charge >= 0.3 is 0 Å². The molecule has 0 saturated carbocycles. The molecule has 118 valence electrons. The Morgan fingerprint density at radius 1 is 0.591 bits per heavy atom. The highest BCUT2D eigenvalue weighted by atomic mass is 14.6. The summed E-state index contributed by atoms with van der Waals surface area (Å²) in [6, 6.07) is 18.1. The molecule has 2 unspecified atom stereocenters. The summed E-state index contributed by atoms with van der Waals surface area (Å²) in [6.45, 7) is 4.09. The Kier molecular flexibility index (Phi) is 6.17. The van der Waals surface area contributed by atoms with Gasteiger partial charge < -0.3 is 11.5 Å². The summed E-state index contributed by atoms with van der Waals surface area (Å²) in [7, 11) is 0. The van der Waals surface area contributed by atoms with Crippen molar-refractivity contribution in [2.24, 2.45) is 11.5 Å². The fourth-order valence-corrected chi connectivity index (χ4v) is 2.72. The lowest BCUT2D eigenvalue weighted by Gasteiger charge is -2.08. The maximum Gasteiger partial charge on any atom is 0.00509 e. The highest BCUT2D eigenvalue weighted by Gasteiger charge is 2.01. The van der Waals surface area contributed by atoms with Crippen LogP contribution in [0.3, 0.4) is 0 Å². The third-order valence-electron chi connectivity index (χ3n) is 3.86. The van der Waals surface area contributed by atoms with Gasteiger partial charge in [-0.25, -0.2) is 0 Å². The zero-order valence-electron chi connectivity index (χ0n) is 13.8. The summed E-state index contributed by atoms with van der Waals surface area (Å²) in [6.07, 6.45) is 4.04. The number of benzene rings is 2. The Hall–Kier alpha value is -1.64. The normalized spacial score (nSPS) is 13.8. The Balaban J connectivity index is 1.87. The molecular formula is C20H28N2. The Morgan fingerprint density at radius 2 is 0.864 bits per heavy atom. The maximum atomic E-state index is 5.83. The molecule has 0 aliphatic rings. The van der Waals surface area contributed by atoms with Crippen LogP contribution in [0.15, 0.2) is 48.5 Å². The molecule has 0 saturated heterocycles. The van der Waals surface area contributed by atoms with Gasteiger partial charge in [0, 0.05) is 12.1 Å². The summed E-state index contributed by atoms with van der Waals surface area (Å²) in [5, 5.41) is 0. The van der Waals surface area contributed by atoms with Gasteiger partial charge in [-0.15, -0.1) is 0 Å². The van der Waals surface area contributed by atoms with Crippen LogP contribution in [0, 0.1) is 0 Å². The first-order valence-electron chi connectivity index (χ1n) is 8.19. The molecule has 22 heavy (non-hydrogen) atoms. The minimum Gasteiger partial charge on any atom is -0.328 e. The summed E-state index contributed by atoms with van der Waals surface area (Å²) in [4.78, 5) is 0. The molecule has 2 rings (SSSR count). The average molecular weight is 296 g/mol. The molecule has 0 fully saturated rings. The van der Waals surface area contributed by atoms with E-state index in [1.807, 2.05) is 13.8 Å². The van der Waals surface area contributed by atoms with Gasteiger partial charge in [0.2, 0.25) is 0 Å². The van der Waals surface area contributed by atoms with E-state index in [-0.39, 0.29) is 12.1 Å². The first-order chi connectivity index (χ1) is 10.5. The van der Waals surface area contributed by atoms with E-state index in [1.54, 1.807) is 0 Å². The van der Waals surface area contributed by atoms with E-state index in [0.29, 0.717) is 0 Å². The Labute approximate surface area is 134 Å². The lowest BCUT2D eigenvalue weighted by Crippen LogP contribution is -2.17. The fourth-order valence-electron chi connectivity index (χ4n) is 2.72. The van der Waals surface area contributed by atoms with Crippen LogP contribution >= 0.6 is 0 Å². The van der Waals surface area contributed by atoms with E-state index in [1.165, 1.54) is 22.3 Å². The molecule has 0 radical (unpaired) electrons. The molecular weight excluding hydrogens is 268 g/mol. The third-order valence-corrected chi connectivity index (χ3v) is 3.86. The summed E-state index contributed by atoms with van der Waals surface area (Å²) < 4.78 is 0. The molecule has 4 N–H and O–H groups in total. The van der Waals surface area contributed by atoms with Crippen molar-refractivity contribution < 1.29 is 0 Å². The monoisotopic (exact) mass is 296 g/mol. The smallest absolute Gasteiger partial charge is 0.00509 e. The number of nitrogens with two attached hydrogens (primary N) is 2. The zero-order valence-corrected chi connectivity index (χ0v) is 13.8. The van der Waals surface area contributed by atoms with Crippen LogP contribution in [0.2, 0.25) is 0 Å². The minimum atomic E-state index is 0.223. The van der Waals surface area contributed by atoms with Gasteiger partial charge in [0.05, 0.1) is 0 Å². The molecule has 2 nitrogen and oxygen atoms in total. The second-order valence-corrected chi connectivity index (χ2v) is 6.50. The molecule has 2 atom stereocenters. The maximum absolute atomic E-state index is 5.83. The lowest BCUT2D eigenvalue weighted by molar-refractivity contribution is 0.737. The van der Waals surface area contributed by atoms with Crippen LogP contribution in [0.25, 0.3) is 0 Å². The number of hydrogen-bond acceptors (Lipinski definition) is 2. The van der Waals surface area contributed by atoms with E-state index < -0.39 is 0 Å². The van der Waals surface area contributed by atoms with Gasteiger partial charge in [0.1, 0.15) is 0 Å². The van der Waals surface area contributed by atoms with Crippen molar-refractivity contribution in [3.05, 3.63) is 70.8 Å². The van der Waals surface area contributed by atoms with E-state index in [9.17, 15) is 0 Å². The van der Waals surface area contributed by atoms with Gasteiger partial charge in [0.15, 0.2) is 0 Å². The van der Waals surface area contributed by atoms with Crippen LogP contribution in [0.5, 0.6) is 0 Å². The summed E-state index contributed by atoms with van der Waals surface area (Å²) >= 11 is 0. The van der Waals surface area contributed by atoms with Gasteiger partial charge in [0.25, 0.3) is 0 Å². The third kappa shape index (κ3) is 5.63. The van der Waals surface area contributed by atoms with Gasteiger partial charge in [-0.3, -0.25) is 0 Å². The summed E-state index contributed by atoms with van der Waals surface area (Å²) in [5.74, 6) is 0. The number of aryl methyl sites for hydroxylation is 2.